The largest absolute Gasteiger partial charge is 0.378 e. The van der Waals surface area contributed by atoms with E-state index in [1.165, 1.54) is 0 Å². The second kappa shape index (κ2) is 5.09. The quantitative estimate of drug-likeness (QED) is 0.777. The average Bonchev–Trinajstić information content (AvgIpc) is 2.73. The third-order valence-corrected chi connectivity index (χ3v) is 4.42. The molecule has 2 aromatic heterocycles. The molecule has 5 heteroatoms. The second-order valence-corrected chi connectivity index (χ2v) is 5.90. The maximum Gasteiger partial charge on any atom is 0.259 e. The smallest absolute Gasteiger partial charge is 0.259 e. The lowest BCUT2D eigenvalue weighted by molar-refractivity contribution is 0.956. The van der Waals surface area contributed by atoms with E-state index in [2.05, 4.69) is 15.3 Å². The minimum Gasteiger partial charge on any atom is -0.378 e. The molecule has 3 rings (SSSR count). The minimum absolute atomic E-state index is 0.0540. The number of aromatic nitrogens is 2. The van der Waals surface area contributed by atoms with Gasteiger partial charge in [-0.1, -0.05) is 18.2 Å². The summed E-state index contributed by atoms with van der Waals surface area (Å²) in [7, 11) is 0. The second-order valence-electron chi connectivity index (χ2n) is 4.70. The third kappa shape index (κ3) is 2.32. The van der Waals surface area contributed by atoms with Crippen LogP contribution in [-0.2, 0) is 6.54 Å². The van der Waals surface area contributed by atoms with E-state index in [0.717, 1.165) is 26.3 Å². The number of rotatable bonds is 3. The first kappa shape index (κ1) is 12.9. The van der Waals surface area contributed by atoms with Gasteiger partial charge in [-0.15, -0.1) is 11.3 Å². The molecule has 20 heavy (non-hydrogen) atoms. The number of nitrogens with one attached hydrogen (secondary N) is 2. The number of hydrogen-bond donors (Lipinski definition) is 2. The van der Waals surface area contributed by atoms with Crippen LogP contribution in [0.2, 0.25) is 0 Å². The number of para-hydroxylation sites is 1. The number of hydrogen-bond acceptors (Lipinski definition) is 4. The lowest BCUT2D eigenvalue weighted by Crippen LogP contribution is -2.14. The molecule has 0 fully saturated rings. The van der Waals surface area contributed by atoms with Crippen LogP contribution in [-0.4, -0.2) is 9.97 Å². The predicted octanol–water partition coefficient (Wildman–Crippen LogP) is 3.21. The van der Waals surface area contributed by atoms with Crippen molar-refractivity contribution in [1.29, 1.82) is 0 Å². The van der Waals surface area contributed by atoms with Crippen LogP contribution in [0.1, 0.15) is 16.3 Å². The molecule has 0 aliphatic heterocycles. The summed E-state index contributed by atoms with van der Waals surface area (Å²) in [6.45, 7) is 4.49. The lowest BCUT2D eigenvalue weighted by Gasteiger charge is -2.05. The van der Waals surface area contributed by atoms with E-state index < -0.39 is 0 Å². The summed E-state index contributed by atoms with van der Waals surface area (Å²) >= 11 is 1.57. The van der Waals surface area contributed by atoms with Gasteiger partial charge in [-0.25, -0.2) is 4.98 Å². The number of aromatic amines is 1. The number of anilines is 1. The zero-order chi connectivity index (χ0) is 14.1. The molecule has 0 saturated heterocycles. The Labute approximate surface area is 120 Å². The summed E-state index contributed by atoms with van der Waals surface area (Å²) in [5, 5.41) is 3.96. The Morgan fingerprint density at radius 3 is 2.75 bits per heavy atom. The fourth-order valence-electron chi connectivity index (χ4n) is 2.12. The Morgan fingerprint density at radius 1 is 1.25 bits per heavy atom. The summed E-state index contributed by atoms with van der Waals surface area (Å²) in [5.41, 5.74) is 1.98. The van der Waals surface area contributed by atoms with E-state index in [1.54, 1.807) is 11.3 Å². The highest BCUT2D eigenvalue weighted by Gasteiger charge is 2.11. The summed E-state index contributed by atoms with van der Waals surface area (Å²) in [5.74, 6) is 0.660. The van der Waals surface area contributed by atoms with Crippen molar-refractivity contribution in [2.45, 2.75) is 20.4 Å². The molecule has 0 aliphatic rings. The molecule has 0 aliphatic carbocycles. The number of benzene rings is 1. The fraction of sp³-hybridized carbons (Fsp3) is 0.200. The molecule has 0 atom stereocenters. The van der Waals surface area contributed by atoms with Crippen LogP contribution in [0, 0.1) is 13.8 Å². The Kier molecular flexibility index (Phi) is 3.28. The minimum atomic E-state index is -0.0540. The molecule has 4 nitrogen and oxygen atoms in total. The molecule has 2 heterocycles. The Hall–Kier alpha value is -2.14. The number of aryl methyl sites for hydroxylation is 2. The monoisotopic (exact) mass is 285 g/mol. The van der Waals surface area contributed by atoms with Crippen molar-refractivity contribution in [2.24, 2.45) is 0 Å². The van der Waals surface area contributed by atoms with Crippen LogP contribution in [0.5, 0.6) is 0 Å². The standard InChI is InChI=1S/C15H15N3OS/c1-9-10(2)20-15-13(9)14(19)17-12(18-15)8-16-11-6-4-3-5-7-11/h3-7,16H,8H2,1-2H3,(H,17,18,19). The molecule has 102 valence electrons. The topological polar surface area (TPSA) is 57.8 Å². The first-order valence-corrected chi connectivity index (χ1v) is 7.24. The normalized spacial score (nSPS) is 10.9. The molecule has 0 unspecified atom stereocenters. The van der Waals surface area contributed by atoms with Crippen LogP contribution in [0.25, 0.3) is 10.2 Å². The van der Waals surface area contributed by atoms with E-state index in [0.29, 0.717) is 12.4 Å². The van der Waals surface area contributed by atoms with Gasteiger partial charge in [0.05, 0.1) is 11.9 Å². The highest BCUT2D eigenvalue weighted by molar-refractivity contribution is 7.18. The average molecular weight is 285 g/mol. The fourth-order valence-corrected chi connectivity index (χ4v) is 3.17. The van der Waals surface area contributed by atoms with Crippen molar-refractivity contribution in [3.05, 3.63) is 57.0 Å². The van der Waals surface area contributed by atoms with Crippen molar-refractivity contribution in [3.8, 4) is 0 Å². The van der Waals surface area contributed by atoms with Gasteiger partial charge in [-0.05, 0) is 31.5 Å². The third-order valence-electron chi connectivity index (χ3n) is 3.32. The molecule has 0 bridgehead atoms. The SMILES string of the molecule is Cc1sc2nc(CNc3ccccc3)[nH]c(=O)c2c1C. The van der Waals surface area contributed by atoms with E-state index in [1.807, 2.05) is 44.2 Å². The van der Waals surface area contributed by atoms with E-state index in [4.69, 9.17) is 0 Å². The van der Waals surface area contributed by atoms with Crippen molar-refractivity contribution in [2.75, 3.05) is 5.32 Å². The van der Waals surface area contributed by atoms with Gasteiger partial charge in [0.25, 0.3) is 5.56 Å². The molecule has 0 spiro atoms. The van der Waals surface area contributed by atoms with E-state index in [9.17, 15) is 4.79 Å². The van der Waals surface area contributed by atoms with Crippen molar-refractivity contribution < 1.29 is 0 Å². The molecule has 0 saturated carbocycles. The summed E-state index contributed by atoms with van der Waals surface area (Å²) in [4.78, 5) is 21.5. The maximum absolute atomic E-state index is 12.1. The highest BCUT2D eigenvalue weighted by Crippen LogP contribution is 2.25. The van der Waals surface area contributed by atoms with Gasteiger partial charge in [-0.2, -0.15) is 0 Å². The maximum atomic E-state index is 12.1. The molecule has 2 N–H and O–H groups in total. The summed E-state index contributed by atoms with van der Waals surface area (Å²) in [6, 6.07) is 9.86. The zero-order valence-electron chi connectivity index (χ0n) is 11.4. The van der Waals surface area contributed by atoms with Crippen LogP contribution in [0.15, 0.2) is 35.1 Å². The van der Waals surface area contributed by atoms with Gasteiger partial charge in [0.15, 0.2) is 0 Å². The van der Waals surface area contributed by atoms with Crippen LogP contribution >= 0.6 is 11.3 Å². The lowest BCUT2D eigenvalue weighted by atomic mass is 10.2. The van der Waals surface area contributed by atoms with Crippen LogP contribution in [0.4, 0.5) is 5.69 Å². The molecule has 3 aromatic rings. The number of thiophene rings is 1. The molecular formula is C15H15N3OS. The molecule has 0 radical (unpaired) electrons. The van der Waals surface area contributed by atoms with Crippen LogP contribution < -0.4 is 10.9 Å². The van der Waals surface area contributed by atoms with Gasteiger partial charge < -0.3 is 10.3 Å². The zero-order valence-corrected chi connectivity index (χ0v) is 12.2. The van der Waals surface area contributed by atoms with Gasteiger partial charge >= 0.3 is 0 Å². The number of H-pyrrole nitrogens is 1. The highest BCUT2D eigenvalue weighted by atomic mass is 32.1. The molecule has 0 amide bonds. The van der Waals surface area contributed by atoms with E-state index in [-0.39, 0.29) is 5.56 Å². The summed E-state index contributed by atoms with van der Waals surface area (Å²) < 4.78 is 0. The first-order chi connectivity index (χ1) is 9.65. The van der Waals surface area contributed by atoms with Crippen molar-refractivity contribution >= 4 is 27.2 Å². The summed E-state index contributed by atoms with van der Waals surface area (Å²) in [6.07, 6.45) is 0. The number of nitrogens with zero attached hydrogens (tertiary/aromatic N) is 1. The van der Waals surface area contributed by atoms with Crippen molar-refractivity contribution in [1.82, 2.24) is 9.97 Å². The molecular weight excluding hydrogens is 270 g/mol. The van der Waals surface area contributed by atoms with Crippen molar-refractivity contribution in [3.63, 3.8) is 0 Å². The van der Waals surface area contributed by atoms with E-state index >= 15 is 0 Å². The van der Waals surface area contributed by atoms with Gasteiger partial charge in [0.1, 0.15) is 10.7 Å². The van der Waals surface area contributed by atoms with Gasteiger partial charge in [0.2, 0.25) is 0 Å². The van der Waals surface area contributed by atoms with Gasteiger partial charge in [-0.3, -0.25) is 4.79 Å². The first-order valence-electron chi connectivity index (χ1n) is 6.43. The predicted molar refractivity (Wildman–Crippen MR) is 83.5 cm³/mol. The van der Waals surface area contributed by atoms with Gasteiger partial charge in [0, 0.05) is 10.6 Å². The Balaban J connectivity index is 1.91. The number of fused-ring (bicyclic) bond motifs is 1. The van der Waals surface area contributed by atoms with Crippen LogP contribution in [0.3, 0.4) is 0 Å². The Bertz CT molecular complexity index is 805. The molecule has 1 aromatic carbocycles. The Morgan fingerprint density at radius 2 is 2.00 bits per heavy atom.